The molecule has 102 valence electrons. The summed E-state index contributed by atoms with van der Waals surface area (Å²) in [7, 11) is -3.60. The Hall–Kier alpha value is -1.86. The number of anilines is 1. The van der Waals surface area contributed by atoms with Crippen LogP contribution in [0.3, 0.4) is 0 Å². The third kappa shape index (κ3) is 2.94. The molecule has 1 aromatic carbocycles. The van der Waals surface area contributed by atoms with Gasteiger partial charge in [-0.15, -0.1) is 0 Å². The number of hydrogen-bond acceptors (Lipinski definition) is 5. The van der Waals surface area contributed by atoms with Gasteiger partial charge in [0.25, 0.3) is 0 Å². The molecule has 0 saturated heterocycles. The van der Waals surface area contributed by atoms with Crippen molar-refractivity contribution in [2.24, 2.45) is 0 Å². The summed E-state index contributed by atoms with van der Waals surface area (Å²) in [6.07, 6.45) is 1.39. The van der Waals surface area contributed by atoms with Crippen LogP contribution in [0, 0.1) is 13.8 Å². The van der Waals surface area contributed by atoms with E-state index in [-0.39, 0.29) is 11.4 Å². The second-order valence-electron chi connectivity index (χ2n) is 4.30. The summed E-state index contributed by atoms with van der Waals surface area (Å²) in [6.45, 7) is 3.52. The van der Waals surface area contributed by atoms with E-state index in [4.69, 9.17) is 5.73 Å². The number of benzene rings is 1. The van der Waals surface area contributed by atoms with Gasteiger partial charge in [-0.3, -0.25) is 0 Å². The lowest BCUT2D eigenvalue weighted by atomic mass is 10.1. The number of nitrogens with one attached hydrogen (secondary N) is 1. The predicted octanol–water partition coefficient (Wildman–Crippen LogP) is 1.35. The number of rotatable bonds is 4. The zero-order valence-corrected chi connectivity index (χ0v) is 11.5. The van der Waals surface area contributed by atoms with Crippen LogP contribution in [-0.4, -0.2) is 13.6 Å². The van der Waals surface area contributed by atoms with Crippen LogP contribution in [0.4, 0.5) is 5.69 Å². The highest BCUT2D eigenvalue weighted by molar-refractivity contribution is 7.89. The minimum atomic E-state index is -3.60. The first-order chi connectivity index (χ1) is 8.90. The van der Waals surface area contributed by atoms with Crippen LogP contribution in [0.5, 0.6) is 0 Å². The summed E-state index contributed by atoms with van der Waals surface area (Å²) < 4.78 is 31.7. The summed E-state index contributed by atoms with van der Waals surface area (Å²) in [5.41, 5.74) is 7.99. The van der Waals surface area contributed by atoms with Gasteiger partial charge >= 0.3 is 0 Å². The Morgan fingerprint density at radius 1 is 1.32 bits per heavy atom. The maximum Gasteiger partial charge on any atom is 0.241 e. The Morgan fingerprint density at radius 3 is 2.47 bits per heavy atom. The summed E-state index contributed by atoms with van der Waals surface area (Å²) in [6, 6.07) is 4.88. The number of aromatic nitrogens is 1. The van der Waals surface area contributed by atoms with E-state index in [1.54, 1.807) is 32.0 Å². The molecule has 0 saturated carbocycles. The normalized spacial score (nSPS) is 11.7. The maximum absolute atomic E-state index is 12.3. The van der Waals surface area contributed by atoms with Gasteiger partial charge in [0.05, 0.1) is 17.1 Å². The molecule has 3 N–H and O–H groups in total. The molecular weight excluding hydrogens is 266 g/mol. The summed E-state index contributed by atoms with van der Waals surface area (Å²) >= 11 is 0. The Labute approximate surface area is 111 Å². The third-order valence-electron chi connectivity index (χ3n) is 2.69. The van der Waals surface area contributed by atoms with Crippen LogP contribution < -0.4 is 10.5 Å². The fourth-order valence-electron chi connectivity index (χ4n) is 1.98. The van der Waals surface area contributed by atoms with E-state index in [2.05, 4.69) is 14.4 Å². The van der Waals surface area contributed by atoms with Crippen LogP contribution in [0.25, 0.3) is 0 Å². The molecule has 0 unspecified atom stereocenters. The molecule has 1 aromatic heterocycles. The smallest absolute Gasteiger partial charge is 0.241 e. The van der Waals surface area contributed by atoms with Gasteiger partial charge in [0.1, 0.15) is 6.26 Å². The van der Waals surface area contributed by atoms with Gasteiger partial charge in [-0.2, -0.15) is 0 Å². The van der Waals surface area contributed by atoms with Crippen molar-refractivity contribution in [1.82, 2.24) is 9.88 Å². The lowest BCUT2D eigenvalue weighted by molar-refractivity contribution is 0.411. The van der Waals surface area contributed by atoms with Crippen molar-refractivity contribution in [3.8, 4) is 0 Å². The summed E-state index contributed by atoms with van der Waals surface area (Å²) in [5.74, 6) is 0. The Balaban J connectivity index is 2.29. The van der Waals surface area contributed by atoms with E-state index in [1.165, 1.54) is 6.26 Å². The Morgan fingerprint density at radius 2 is 1.95 bits per heavy atom. The molecule has 0 aliphatic rings. The number of hydrogen-bond donors (Lipinski definition) is 2. The molecule has 0 aliphatic heterocycles. The van der Waals surface area contributed by atoms with Gasteiger partial charge < -0.3 is 10.3 Å². The molecule has 2 aromatic rings. The zero-order chi connectivity index (χ0) is 14.0. The van der Waals surface area contributed by atoms with E-state index in [0.29, 0.717) is 22.5 Å². The van der Waals surface area contributed by atoms with Gasteiger partial charge in [-0.1, -0.05) is 5.16 Å². The first-order valence-electron chi connectivity index (χ1n) is 5.66. The van der Waals surface area contributed by atoms with Gasteiger partial charge in [0, 0.05) is 11.8 Å². The van der Waals surface area contributed by atoms with E-state index in [9.17, 15) is 8.42 Å². The minimum Gasteiger partial charge on any atom is -0.399 e. The lowest BCUT2D eigenvalue weighted by Gasteiger charge is -2.12. The number of nitrogens with two attached hydrogens (primary N) is 1. The summed E-state index contributed by atoms with van der Waals surface area (Å²) in [5, 5.41) is 3.65. The predicted molar refractivity (Wildman–Crippen MR) is 70.9 cm³/mol. The first-order valence-corrected chi connectivity index (χ1v) is 7.14. The average molecular weight is 281 g/mol. The second kappa shape index (κ2) is 5.02. The third-order valence-corrected chi connectivity index (χ3v) is 4.39. The van der Waals surface area contributed by atoms with Gasteiger partial charge in [0.2, 0.25) is 10.0 Å². The van der Waals surface area contributed by atoms with Crippen molar-refractivity contribution in [1.29, 1.82) is 0 Å². The van der Waals surface area contributed by atoms with E-state index in [0.717, 1.165) is 0 Å². The average Bonchev–Trinajstić information content (AvgIpc) is 2.77. The largest absolute Gasteiger partial charge is 0.399 e. The SMILES string of the molecule is Cc1cc(N)cc(C)c1S(=O)(=O)NCc1ccon1. The van der Waals surface area contributed by atoms with Gasteiger partial charge in [-0.05, 0) is 37.1 Å². The highest BCUT2D eigenvalue weighted by Gasteiger charge is 2.20. The zero-order valence-electron chi connectivity index (χ0n) is 10.7. The number of sulfonamides is 1. The molecule has 0 amide bonds. The summed E-state index contributed by atoms with van der Waals surface area (Å²) in [4.78, 5) is 0.255. The second-order valence-corrected chi connectivity index (χ2v) is 6.00. The Kier molecular flexibility index (Phi) is 3.59. The maximum atomic E-state index is 12.3. The van der Waals surface area contributed by atoms with Crippen molar-refractivity contribution >= 4 is 15.7 Å². The lowest BCUT2D eigenvalue weighted by Crippen LogP contribution is -2.25. The van der Waals surface area contributed by atoms with Crippen LogP contribution in [0.1, 0.15) is 16.8 Å². The minimum absolute atomic E-state index is 0.0854. The molecule has 0 radical (unpaired) electrons. The van der Waals surface area contributed by atoms with Crippen LogP contribution >= 0.6 is 0 Å². The van der Waals surface area contributed by atoms with Crippen molar-refractivity contribution in [3.63, 3.8) is 0 Å². The van der Waals surface area contributed by atoms with Crippen molar-refractivity contribution in [2.75, 3.05) is 5.73 Å². The van der Waals surface area contributed by atoms with Gasteiger partial charge in [-0.25, -0.2) is 13.1 Å². The quantitative estimate of drug-likeness (QED) is 0.824. The van der Waals surface area contributed by atoms with Crippen molar-refractivity contribution < 1.29 is 12.9 Å². The Bertz CT molecular complexity index is 655. The highest BCUT2D eigenvalue weighted by atomic mass is 32.2. The fourth-order valence-corrected chi connectivity index (χ4v) is 3.43. The number of nitrogens with zero attached hydrogens (tertiary/aromatic N) is 1. The molecule has 6 nitrogen and oxygen atoms in total. The van der Waals surface area contributed by atoms with Crippen LogP contribution in [0.15, 0.2) is 33.9 Å². The van der Waals surface area contributed by atoms with E-state index >= 15 is 0 Å². The van der Waals surface area contributed by atoms with E-state index < -0.39 is 10.0 Å². The van der Waals surface area contributed by atoms with Crippen LogP contribution in [-0.2, 0) is 16.6 Å². The molecule has 7 heteroatoms. The van der Waals surface area contributed by atoms with Gasteiger partial charge in [0.15, 0.2) is 0 Å². The van der Waals surface area contributed by atoms with Crippen LogP contribution in [0.2, 0.25) is 0 Å². The molecule has 2 rings (SSSR count). The topological polar surface area (TPSA) is 98.2 Å². The monoisotopic (exact) mass is 281 g/mol. The molecule has 0 aliphatic carbocycles. The standard InChI is InChI=1S/C12H15N3O3S/c1-8-5-10(13)6-9(2)12(8)19(16,17)14-7-11-3-4-18-15-11/h3-6,14H,7,13H2,1-2H3. The molecule has 0 spiro atoms. The highest BCUT2D eigenvalue weighted by Crippen LogP contribution is 2.22. The molecule has 1 heterocycles. The molecule has 0 fully saturated rings. The molecule has 19 heavy (non-hydrogen) atoms. The fraction of sp³-hybridized carbons (Fsp3) is 0.250. The molecular formula is C12H15N3O3S. The number of nitrogen functional groups attached to an aromatic ring is 1. The number of aryl methyl sites for hydroxylation is 2. The van der Waals surface area contributed by atoms with Crippen molar-refractivity contribution in [2.45, 2.75) is 25.3 Å². The first kappa shape index (κ1) is 13.6. The van der Waals surface area contributed by atoms with Crippen molar-refractivity contribution in [3.05, 3.63) is 41.3 Å². The van der Waals surface area contributed by atoms with E-state index in [1.807, 2.05) is 0 Å². The molecule has 0 bridgehead atoms. The molecule has 0 atom stereocenters.